The molecule has 4 rings (SSSR count). The Bertz CT molecular complexity index is 758. The molecule has 2 saturated heterocycles. The van der Waals surface area contributed by atoms with Crippen molar-refractivity contribution in [2.45, 2.75) is 50.1 Å². The van der Waals surface area contributed by atoms with E-state index in [1.165, 1.54) is 6.07 Å². The Morgan fingerprint density at radius 3 is 2.88 bits per heavy atom. The topological polar surface area (TPSA) is 134 Å². The standard InChI is InChI=1S/C15H21N5O4/c1-6-10-5-16-14-17-8(2-7(20(10)14)3-11(6)21)13(23)9-4-12(22)19-15(24)18-9/h4,6-8,10-11,13,21,23H,2-3,5H2,1H3,(H,16,17)(H2,18,19,22,24)/t6-,7+,8-,10-,11+,13+/m1/s1. The number of hydrogen-bond acceptors (Lipinski definition) is 7. The van der Waals surface area contributed by atoms with Gasteiger partial charge in [0.2, 0.25) is 0 Å². The zero-order valence-corrected chi connectivity index (χ0v) is 13.3. The second kappa shape index (κ2) is 5.45. The first kappa shape index (κ1) is 15.4. The predicted molar refractivity (Wildman–Crippen MR) is 85.7 cm³/mol. The molecule has 0 bridgehead atoms. The van der Waals surface area contributed by atoms with Crippen LogP contribution >= 0.6 is 0 Å². The molecule has 1 aromatic rings. The van der Waals surface area contributed by atoms with E-state index in [-0.39, 0.29) is 35.8 Å². The van der Waals surface area contributed by atoms with Crippen LogP contribution in [0.5, 0.6) is 0 Å². The zero-order chi connectivity index (χ0) is 17.0. The van der Waals surface area contributed by atoms with Crippen LogP contribution in [-0.2, 0) is 0 Å². The van der Waals surface area contributed by atoms with Gasteiger partial charge in [0.05, 0.1) is 30.4 Å². The molecule has 0 saturated carbocycles. The molecule has 130 valence electrons. The minimum absolute atomic E-state index is 0.0806. The van der Waals surface area contributed by atoms with Gasteiger partial charge in [0.15, 0.2) is 5.96 Å². The first-order valence-corrected chi connectivity index (χ1v) is 8.23. The molecule has 0 unspecified atom stereocenters. The number of aliphatic hydroxyl groups is 2. The molecular weight excluding hydrogens is 314 g/mol. The van der Waals surface area contributed by atoms with E-state index >= 15 is 0 Å². The highest BCUT2D eigenvalue weighted by molar-refractivity contribution is 5.83. The van der Waals surface area contributed by atoms with E-state index in [9.17, 15) is 19.8 Å². The van der Waals surface area contributed by atoms with Crippen LogP contribution in [-0.4, -0.2) is 61.8 Å². The Balaban J connectivity index is 1.60. The van der Waals surface area contributed by atoms with Gasteiger partial charge in [-0.2, -0.15) is 0 Å². The van der Waals surface area contributed by atoms with Crippen molar-refractivity contribution in [3.63, 3.8) is 0 Å². The highest BCUT2D eigenvalue weighted by Gasteiger charge is 2.48. The molecule has 9 heteroatoms. The molecule has 3 aliphatic rings. The monoisotopic (exact) mass is 335 g/mol. The fourth-order valence-corrected chi connectivity index (χ4v) is 4.15. The van der Waals surface area contributed by atoms with Crippen molar-refractivity contribution in [3.05, 3.63) is 32.6 Å². The lowest BCUT2D eigenvalue weighted by atomic mass is 9.81. The molecular formula is C15H21N5O4. The average molecular weight is 335 g/mol. The average Bonchev–Trinajstić information content (AvgIpc) is 2.95. The second-order valence-corrected chi connectivity index (χ2v) is 6.93. The third-order valence-electron chi connectivity index (χ3n) is 5.47. The quantitative estimate of drug-likeness (QED) is 0.436. The summed E-state index contributed by atoms with van der Waals surface area (Å²) in [5.74, 6) is 0.876. The maximum absolute atomic E-state index is 11.5. The summed E-state index contributed by atoms with van der Waals surface area (Å²) in [6, 6.07) is 1.06. The van der Waals surface area contributed by atoms with E-state index in [4.69, 9.17) is 0 Å². The van der Waals surface area contributed by atoms with E-state index < -0.39 is 17.4 Å². The van der Waals surface area contributed by atoms with Crippen molar-refractivity contribution >= 4 is 5.96 Å². The van der Waals surface area contributed by atoms with Crippen molar-refractivity contribution in [2.75, 3.05) is 6.54 Å². The molecule has 3 aliphatic heterocycles. The molecule has 24 heavy (non-hydrogen) atoms. The van der Waals surface area contributed by atoms with Crippen molar-refractivity contribution < 1.29 is 10.2 Å². The van der Waals surface area contributed by atoms with Gasteiger partial charge in [-0.05, 0) is 12.8 Å². The van der Waals surface area contributed by atoms with Crippen molar-refractivity contribution in [2.24, 2.45) is 10.9 Å². The van der Waals surface area contributed by atoms with Gasteiger partial charge < -0.3 is 25.4 Å². The van der Waals surface area contributed by atoms with Gasteiger partial charge in [-0.25, -0.2) is 4.79 Å². The lowest BCUT2D eigenvalue weighted by Crippen LogP contribution is -2.65. The number of rotatable bonds is 2. The number of nitrogens with zero attached hydrogens (tertiary/aromatic N) is 2. The minimum atomic E-state index is -1.04. The van der Waals surface area contributed by atoms with E-state index in [1.54, 1.807) is 0 Å². The van der Waals surface area contributed by atoms with Crippen LogP contribution in [0.25, 0.3) is 0 Å². The largest absolute Gasteiger partial charge is 0.393 e. The van der Waals surface area contributed by atoms with Crippen LogP contribution in [0.4, 0.5) is 0 Å². The van der Waals surface area contributed by atoms with Gasteiger partial charge in [0, 0.05) is 18.0 Å². The molecule has 9 nitrogen and oxygen atoms in total. The maximum Gasteiger partial charge on any atom is 0.325 e. The van der Waals surface area contributed by atoms with Crippen LogP contribution in [0.3, 0.4) is 0 Å². The highest BCUT2D eigenvalue weighted by Crippen LogP contribution is 2.37. The number of nitrogens with one attached hydrogen (secondary N) is 3. The van der Waals surface area contributed by atoms with Crippen molar-refractivity contribution in [1.29, 1.82) is 0 Å². The summed E-state index contributed by atoms with van der Waals surface area (Å²) in [6.45, 7) is 2.66. The Morgan fingerprint density at radius 2 is 2.12 bits per heavy atom. The molecule has 1 aromatic heterocycles. The summed E-state index contributed by atoms with van der Waals surface area (Å²) in [5.41, 5.74) is -1.02. The van der Waals surface area contributed by atoms with Gasteiger partial charge in [-0.3, -0.25) is 14.8 Å². The van der Waals surface area contributed by atoms with Crippen LogP contribution < -0.4 is 16.6 Å². The fourth-order valence-electron chi connectivity index (χ4n) is 4.15. The van der Waals surface area contributed by atoms with Crippen molar-refractivity contribution in [3.8, 4) is 0 Å². The third kappa shape index (κ3) is 2.35. The molecule has 6 atom stereocenters. The lowest BCUT2D eigenvalue weighted by Gasteiger charge is -2.50. The second-order valence-electron chi connectivity index (χ2n) is 6.93. The first-order chi connectivity index (χ1) is 11.4. The van der Waals surface area contributed by atoms with Crippen LogP contribution in [0.2, 0.25) is 0 Å². The Morgan fingerprint density at radius 1 is 1.33 bits per heavy atom. The maximum atomic E-state index is 11.5. The van der Waals surface area contributed by atoms with Crippen molar-refractivity contribution in [1.82, 2.24) is 20.2 Å². The summed E-state index contributed by atoms with van der Waals surface area (Å²) in [4.78, 5) is 34.2. The van der Waals surface area contributed by atoms with E-state index in [0.29, 0.717) is 19.4 Å². The normalized spacial score (nSPS) is 35.9. The smallest absolute Gasteiger partial charge is 0.325 e. The SMILES string of the molecule is C[C@@H]1[C@H]2CN=C3N[C@@H]([C@H](O)c4cc(=O)[nH]c(=O)[nH]4)C[C@@H](C[C@@H]1O)N32. The van der Waals surface area contributed by atoms with Gasteiger partial charge in [0.1, 0.15) is 6.10 Å². The predicted octanol–water partition coefficient (Wildman–Crippen LogP) is -1.73. The zero-order valence-electron chi connectivity index (χ0n) is 13.3. The number of guanidine groups is 1. The lowest BCUT2D eigenvalue weighted by molar-refractivity contribution is -0.0201. The first-order valence-electron chi connectivity index (χ1n) is 8.23. The summed E-state index contributed by atoms with van der Waals surface area (Å²) in [7, 11) is 0. The van der Waals surface area contributed by atoms with Crippen LogP contribution in [0, 0.1) is 5.92 Å². The van der Waals surface area contributed by atoms with E-state index in [2.05, 4.69) is 25.2 Å². The number of piperidine rings is 1. The molecule has 0 spiro atoms. The van der Waals surface area contributed by atoms with Crippen LogP contribution in [0.15, 0.2) is 20.6 Å². The molecule has 0 radical (unpaired) electrons. The number of aromatic nitrogens is 2. The Labute approximate surface area is 137 Å². The molecule has 0 aliphatic carbocycles. The minimum Gasteiger partial charge on any atom is -0.393 e. The highest BCUT2D eigenvalue weighted by atomic mass is 16.3. The molecule has 0 amide bonds. The van der Waals surface area contributed by atoms with Crippen LogP contribution in [0.1, 0.15) is 31.6 Å². The van der Waals surface area contributed by atoms with Gasteiger partial charge in [-0.15, -0.1) is 0 Å². The van der Waals surface area contributed by atoms with Gasteiger partial charge in [-0.1, -0.05) is 6.92 Å². The Kier molecular flexibility index (Phi) is 3.50. The van der Waals surface area contributed by atoms with E-state index in [0.717, 1.165) is 5.96 Å². The van der Waals surface area contributed by atoms with Gasteiger partial charge >= 0.3 is 5.69 Å². The molecule has 2 fully saturated rings. The number of aliphatic imine (C=N–C) groups is 1. The van der Waals surface area contributed by atoms with Gasteiger partial charge in [0.25, 0.3) is 5.56 Å². The fraction of sp³-hybridized carbons (Fsp3) is 0.667. The summed E-state index contributed by atoms with van der Waals surface area (Å²) in [6.07, 6.45) is -0.218. The molecule has 5 N–H and O–H groups in total. The molecule has 4 heterocycles. The number of aliphatic hydroxyl groups excluding tert-OH is 2. The summed E-state index contributed by atoms with van der Waals surface area (Å²) >= 11 is 0. The Hall–Kier alpha value is -2.13. The van der Waals surface area contributed by atoms with E-state index in [1.807, 2.05) is 6.92 Å². The number of hydrogen-bond donors (Lipinski definition) is 5. The summed E-state index contributed by atoms with van der Waals surface area (Å²) in [5, 5.41) is 24.1. The third-order valence-corrected chi connectivity index (χ3v) is 5.47. The number of aromatic amines is 2. The number of H-pyrrole nitrogens is 2. The molecule has 0 aromatic carbocycles. The summed E-state index contributed by atoms with van der Waals surface area (Å²) < 4.78 is 0.